The summed E-state index contributed by atoms with van der Waals surface area (Å²) >= 11 is 0. The van der Waals surface area contributed by atoms with Crippen molar-refractivity contribution in [2.24, 2.45) is 0 Å². The first-order chi connectivity index (χ1) is 9.08. The molecule has 1 aliphatic rings. The second-order valence-electron chi connectivity index (χ2n) is 4.89. The maximum Gasteiger partial charge on any atom is 0.269 e. The van der Waals surface area contributed by atoms with E-state index in [1.165, 1.54) is 0 Å². The summed E-state index contributed by atoms with van der Waals surface area (Å²) in [6, 6.07) is 5.26. The molecule has 0 aliphatic carbocycles. The zero-order valence-electron chi connectivity index (χ0n) is 11.2. The van der Waals surface area contributed by atoms with E-state index in [2.05, 4.69) is 16.2 Å². The lowest BCUT2D eigenvalue weighted by molar-refractivity contribution is -0.123. The maximum atomic E-state index is 11.9. The van der Waals surface area contributed by atoms with Crippen LogP contribution in [-0.4, -0.2) is 24.4 Å². The molecule has 1 atom stereocenters. The number of nitrogens with one attached hydrogen (secondary N) is 3. The van der Waals surface area contributed by atoms with Gasteiger partial charge >= 0.3 is 0 Å². The van der Waals surface area contributed by atoms with E-state index in [1.54, 1.807) is 6.07 Å². The Morgan fingerprint density at radius 2 is 2.00 bits per heavy atom. The number of amides is 2. The van der Waals surface area contributed by atoms with Crippen LogP contribution in [0.25, 0.3) is 0 Å². The van der Waals surface area contributed by atoms with Crippen molar-refractivity contribution in [2.45, 2.75) is 32.7 Å². The van der Waals surface area contributed by atoms with Gasteiger partial charge in [-0.1, -0.05) is 6.07 Å². The van der Waals surface area contributed by atoms with Crippen LogP contribution in [0, 0.1) is 13.8 Å². The molecule has 5 nitrogen and oxygen atoms in total. The highest BCUT2D eigenvalue weighted by Crippen LogP contribution is 2.09. The molecule has 0 aromatic heterocycles. The van der Waals surface area contributed by atoms with E-state index >= 15 is 0 Å². The molecule has 1 aliphatic heterocycles. The normalized spacial score (nSPS) is 18.1. The van der Waals surface area contributed by atoms with Gasteiger partial charge in [0, 0.05) is 5.56 Å². The summed E-state index contributed by atoms with van der Waals surface area (Å²) in [4.78, 5) is 23.6. The zero-order valence-corrected chi connectivity index (χ0v) is 11.2. The van der Waals surface area contributed by atoms with Gasteiger partial charge in [-0.3, -0.25) is 20.4 Å². The average molecular weight is 261 g/mol. The molecule has 1 aromatic rings. The van der Waals surface area contributed by atoms with Crippen LogP contribution in [0.1, 0.15) is 34.3 Å². The molecule has 2 rings (SSSR count). The van der Waals surface area contributed by atoms with Crippen LogP contribution in [0.3, 0.4) is 0 Å². The SMILES string of the molecule is Cc1ccc(C(=O)NNC(=O)C2CCCN2)cc1C. The summed E-state index contributed by atoms with van der Waals surface area (Å²) in [6.45, 7) is 4.79. The van der Waals surface area contributed by atoms with Gasteiger partial charge in [0.1, 0.15) is 0 Å². The summed E-state index contributed by atoms with van der Waals surface area (Å²) in [6.07, 6.45) is 1.80. The summed E-state index contributed by atoms with van der Waals surface area (Å²) in [5.41, 5.74) is 7.63. The van der Waals surface area contributed by atoms with Gasteiger partial charge in [-0.05, 0) is 56.5 Å². The lowest BCUT2D eigenvalue weighted by atomic mass is 10.1. The van der Waals surface area contributed by atoms with Crippen LogP contribution in [0.5, 0.6) is 0 Å². The van der Waals surface area contributed by atoms with Gasteiger partial charge in [0.2, 0.25) is 0 Å². The van der Waals surface area contributed by atoms with Gasteiger partial charge in [-0.25, -0.2) is 0 Å². The summed E-state index contributed by atoms with van der Waals surface area (Å²) < 4.78 is 0. The van der Waals surface area contributed by atoms with Crippen molar-refractivity contribution in [2.75, 3.05) is 6.54 Å². The molecule has 0 radical (unpaired) electrons. The summed E-state index contributed by atoms with van der Waals surface area (Å²) in [5, 5.41) is 3.07. The Kier molecular flexibility index (Phi) is 4.16. The molecule has 1 aromatic carbocycles. The topological polar surface area (TPSA) is 70.2 Å². The third-order valence-electron chi connectivity index (χ3n) is 3.45. The molecule has 0 bridgehead atoms. The van der Waals surface area contributed by atoms with Crippen molar-refractivity contribution in [1.82, 2.24) is 16.2 Å². The van der Waals surface area contributed by atoms with Crippen molar-refractivity contribution < 1.29 is 9.59 Å². The Hall–Kier alpha value is -1.88. The van der Waals surface area contributed by atoms with Gasteiger partial charge in [-0.15, -0.1) is 0 Å². The van der Waals surface area contributed by atoms with Crippen LogP contribution < -0.4 is 16.2 Å². The van der Waals surface area contributed by atoms with Crippen LogP contribution >= 0.6 is 0 Å². The molecular formula is C14H19N3O2. The van der Waals surface area contributed by atoms with E-state index in [1.807, 2.05) is 26.0 Å². The number of hydrogen-bond donors (Lipinski definition) is 3. The minimum Gasteiger partial charge on any atom is -0.306 e. The highest BCUT2D eigenvalue weighted by molar-refractivity contribution is 5.96. The second-order valence-corrected chi connectivity index (χ2v) is 4.89. The number of carbonyl (C=O) groups is 2. The molecule has 1 heterocycles. The molecule has 3 N–H and O–H groups in total. The molecule has 1 fully saturated rings. The average Bonchev–Trinajstić information content (AvgIpc) is 2.92. The molecule has 0 saturated carbocycles. The van der Waals surface area contributed by atoms with Crippen molar-refractivity contribution >= 4 is 11.8 Å². The smallest absolute Gasteiger partial charge is 0.269 e. The number of hydrogen-bond acceptors (Lipinski definition) is 3. The van der Waals surface area contributed by atoms with Crippen molar-refractivity contribution in [3.63, 3.8) is 0 Å². The summed E-state index contributed by atoms with van der Waals surface area (Å²) in [5.74, 6) is -0.482. The fraction of sp³-hybridized carbons (Fsp3) is 0.429. The van der Waals surface area contributed by atoms with Gasteiger partial charge in [0.05, 0.1) is 6.04 Å². The lowest BCUT2D eigenvalue weighted by Gasteiger charge is -2.12. The molecule has 1 unspecified atom stereocenters. The first-order valence-corrected chi connectivity index (χ1v) is 6.49. The largest absolute Gasteiger partial charge is 0.306 e. The quantitative estimate of drug-likeness (QED) is 0.690. The van der Waals surface area contributed by atoms with Crippen LogP contribution in [-0.2, 0) is 4.79 Å². The van der Waals surface area contributed by atoms with E-state index in [-0.39, 0.29) is 17.9 Å². The standard InChI is InChI=1S/C14H19N3O2/c1-9-5-6-11(8-10(9)2)13(18)16-17-14(19)12-4-3-7-15-12/h5-6,8,12,15H,3-4,7H2,1-2H3,(H,16,18)(H,17,19). The highest BCUT2D eigenvalue weighted by Gasteiger charge is 2.22. The summed E-state index contributed by atoms with van der Waals surface area (Å²) in [7, 11) is 0. The predicted octanol–water partition coefficient (Wildman–Crippen LogP) is 0.816. The van der Waals surface area contributed by atoms with Gasteiger partial charge in [0.15, 0.2) is 0 Å². The van der Waals surface area contributed by atoms with E-state index < -0.39 is 0 Å². The third-order valence-corrected chi connectivity index (χ3v) is 3.45. The Balaban J connectivity index is 1.90. The van der Waals surface area contributed by atoms with Crippen LogP contribution in [0.15, 0.2) is 18.2 Å². The minimum atomic E-state index is -0.297. The monoisotopic (exact) mass is 261 g/mol. The number of carbonyl (C=O) groups excluding carboxylic acids is 2. The Bertz CT molecular complexity index is 493. The van der Waals surface area contributed by atoms with E-state index in [0.29, 0.717) is 5.56 Å². The number of aryl methyl sites for hydroxylation is 2. The zero-order chi connectivity index (χ0) is 13.8. The molecule has 5 heteroatoms. The molecule has 1 saturated heterocycles. The van der Waals surface area contributed by atoms with Crippen molar-refractivity contribution in [3.05, 3.63) is 34.9 Å². The molecule has 19 heavy (non-hydrogen) atoms. The lowest BCUT2D eigenvalue weighted by Crippen LogP contribution is -2.49. The van der Waals surface area contributed by atoms with E-state index in [0.717, 1.165) is 30.5 Å². The van der Waals surface area contributed by atoms with Gasteiger partial charge in [0.25, 0.3) is 11.8 Å². The predicted molar refractivity (Wildman–Crippen MR) is 72.5 cm³/mol. The fourth-order valence-electron chi connectivity index (χ4n) is 2.07. The first kappa shape index (κ1) is 13.5. The van der Waals surface area contributed by atoms with E-state index in [4.69, 9.17) is 0 Å². The highest BCUT2D eigenvalue weighted by atomic mass is 16.2. The van der Waals surface area contributed by atoms with Crippen molar-refractivity contribution in [3.8, 4) is 0 Å². The molecular weight excluding hydrogens is 242 g/mol. The molecule has 102 valence electrons. The first-order valence-electron chi connectivity index (χ1n) is 6.49. The van der Waals surface area contributed by atoms with Gasteiger partial charge in [-0.2, -0.15) is 0 Å². The third kappa shape index (κ3) is 3.32. The molecule has 0 spiro atoms. The van der Waals surface area contributed by atoms with Gasteiger partial charge < -0.3 is 5.32 Å². The number of benzene rings is 1. The Morgan fingerprint density at radius 1 is 1.21 bits per heavy atom. The van der Waals surface area contributed by atoms with Crippen LogP contribution in [0.2, 0.25) is 0 Å². The minimum absolute atomic E-state index is 0.185. The second kappa shape index (κ2) is 5.84. The Labute approximate surface area is 112 Å². The maximum absolute atomic E-state index is 11.9. The van der Waals surface area contributed by atoms with E-state index in [9.17, 15) is 9.59 Å². The fourth-order valence-corrected chi connectivity index (χ4v) is 2.07. The van der Waals surface area contributed by atoms with Crippen molar-refractivity contribution in [1.29, 1.82) is 0 Å². The van der Waals surface area contributed by atoms with Crippen LogP contribution in [0.4, 0.5) is 0 Å². The number of rotatable bonds is 2. The number of hydrazine groups is 1. The Morgan fingerprint density at radius 3 is 2.63 bits per heavy atom. The molecule has 2 amide bonds.